The molecule has 74 valence electrons. The average molecular weight is 312 g/mol. The summed E-state index contributed by atoms with van der Waals surface area (Å²) in [5.74, 6) is 0. The van der Waals surface area contributed by atoms with E-state index in [1.54, 1.807) is 0 Å². The van der Waals surface area contributed by atoms with Crippen molar-refractivity contribution < 1.29 is 0 Å². The number of fused-ring (bicyclic) bond motifs is 3. The first-order valence-corrected chi connectivity index (χ1v) is 5.35. The molecule has 0 radical (unpaired) electrons. The van der Waals surface area contributed by atoms with Crippen molar-refractivity contribution in [3.05, 3.63) is 38.6 Å². The van der Waals surface area contributed by atoms with E-state index in [2.05, 4.69) is 37.7 Å². The van der Waals surface area contributed by atoms with Crippen molar-refractivity contribution >= 4 is 39.1 Å². The predicted molar refractivity (Wildman–Crippen MR) is 63.8 cm³/mol. The number of benzene rings is 1. The summed E-state index contributed by atoms with van der Waals surface area (Å²) in [6.45, 7) is 0. The fourth-order valence-electron chi connectivity index (χ4n) is 1.55. The van der Waals surface area contributed by atoms with Crippen LogP contribution in [0.25, 0.3) is 16.6 Å². The minimum atomic E-state index is -0.267. The summed E-state index contributed by atoms with van der Waals surface area (Å²) in [6, 6.07) is 5.77. The number of nitrogens with one attached hydrogen (secondary N) is 1. The lowest BCUT2D eigenvalue weighted by Gasteiger charge is -1.99. The van der Waals surface area contributed by atoms with Gasteiger partial charge in [-0.05, 0) is 40.8 Å². The minimum absolute atomic E-state index is 0.267. The maximum absolute atomic E-state index is 11.5. The van der Waals surface area contributed by atoms with Gasteiger partial charge < -0.3 is 4.98 Å². The van der Waals surface area contributed by atoms with Crippen molar-refractivity contribution in [3.63, 3.8) is 0 Å². The van der Waals surface area contributed by atoms with Gasteiger partial charge in [0.1, 0.15) is 6.33 Å². The quantitative estimate of drug-likeness (QED) is 0.634. The molecule has 0 bridgehead atoms. The SMILES string of the molecule is O=c1[nH]c2ccc(I)cc2c2ncnn12. The van der Waals surface area contributed by atoms with Crippen molar-refractivity contribution in [1.82, 2.24) is 19.6 Å². The van der Waals surface area contributed by atoms with Crippen LogP contribution in [0.3, 0.4) is 0 Å². The van der Waals surface area contributed by atoms with E-state index in [1.165, 1.54) is 10.8 Å². The third kappa shape index (κ3) is 1.24. The van der Waals surface area contributed by atoms with Crippen LogP contribution >= 0.6 is 22.6 Å². The first-order valence-electron chi connectivity index (χ1n) is 4.27. The van der Waals surface area contributed by atoms with Crippen LogP contribution < -0.4 is 5.69 Å². The maximum Gasteiger partial charge on any atom is 0.348 e. The normalized spacial score (nSPS) is 11.3. The molecule has 2 heterocycles. The summed E-state index contributed by atoms with van der Waals surface area (Å²) in [5, 5.41) is 4.76. The Balaban J connectivity index is 2.67. The van der Waals surface area contributed by atoms with Gasteiger partial charge in [-0.3, -0.25) is 0 Å². The van der Waals surface area contributed by atoms with E-state index in [9.17, 15) is 4.79 Å². The molecule has 0 amide bonds. The molecule has 5 nitrogen and oxygen atoms in total. The molecule has 0 atom stereocenters. The Morgan fingerprint density at radius 1 is 1.40 bits per heavy atom. The second-order valence-electron chi connectivity index (χ2n) is 3.12. The topological polar surface area (TPSA) is 63.0 Å². The molecular weight excluding hydrogens is 307 g/mol. The molecule has 0 saturated carbocycles. The summed E-state index contributed by atoms with van der Waals surface area (Å²) in [7, 11) is 0. The zero-order chi connectivity index (χ0) is 10.4. The molecule has 0 spiro atoms. The van der Waals surface area contributed by atoms with Crippen molar-refractivity contribution in [2.45, 2.75) is 0 Å². The molecule has 15 heavy (non-hydrogen) atoms. The highest BCUT2D eigenvalue weighted by Crippen LogP contribution is 2.17. The fourth-order valence-corrected chi connectivity index (χ4v) is 2.04. The van der Waals surface area contributed by atoms with E-state index >= 15 is 0 Å². The Morgan fingerprint density at radius 3 is 3.13 bits per heavy atom. The summed E-state index contributed by atoms with van der Waals surface area (Å²) < 4.78 is 2.36. The van der Waals surface area contributed by atoms with Gasteiger partial charge in [-0.1, -0.05) is 0 Å². The lowest BCUT2D eigenvalue weighted by Crippen LogP contribution is -2.17. The molecule has 6 heteroatoms. The van der Waals surface area contributed by atoms with Crippen LogP contribution in [0.15, 0.2) is 29.3 Å². The number of aromatic nitrogens is 4. The predicted octanol–water partition coefficient (Wildman–Crippen LogP) is 1.18. The third-order valence-electron chi connectivity index (χ3n) is 2.20. The van der Waals surface area contributed by atoms with Gasteiger partial charge in [-0.25, -0.2) is 9.78 Å². The number of hydrogen-bond donors (Lipinski definition) is 1. The molecule has 0 fully saturated rings. The molecule has 0 saturated heterocycles. The van der Waals surface area contributed by atoms with Crippen LogP contribution in [-0.4, -0.2) is 19.6 Å². The number of rotatable bonds is 0. The number of aromatic amines is 1. The Bertz CT molecular complexity index is 715. The molecule has 0 aliphatic heterocycles. The second kappa shape index (κ2) is 3.02. The molecule has 3 aromatic rings. The third-order valence-corrected chi connectivity index (χ3v) is 2.88. The summed E-state index contributed by atoms with van der Waals surface area (Å²) in [6.07, 6.45) is 1.38. The molecule has 0 unspecified atom stereocenters. The standard InChI is InChI=1S/C9H5IN4O/c10-5-1-2-7-6(3-5)8-11-4-12-14(8)9(15)13-7/h1-4H,(H,13,15). The lowest BCUT2D eigenvalue weighted by molar-refractivity contribution is 0.881. The Morgan fingerprint density at radius 2 is 2.27 bits per heavy atom. The Labute approximate surface area is 97.3 Å². The zero-order valence-corrected chi connectivity index (χ0v) is 9.59. The summed E-state index contributed by atoms with van der Waals surface area (Å²) in [4.78, 5) is 18.4. The molecule has 3 rings (SSSR count). The molecule has 2 aromatic heterocycles. The van der Waals surface area contributed by atoms with Crippen LogP contribution in [0, 0.1) is 3.57 Å². The molecule has 0 aliphatic carbocycles. The van der Waals surface area contributed by atoms with Crippen molar-refractivity contribution in [2.24, 2.45) is 0 Å². The monoisotopic (exact) mass is 312 g/mol. The van der Waals surface area contributed by atoms with Crippen molar-refractivity contribution in [1.29, 1.82) is 0 Å². The zero-order valence-electron chi connectivity index (χ0n) is 7.44. The first kappa shape index (κ1) is 8.84. The highest BCUT2D eigenvalue weighted by atomic mass is 127. The van der Waals surface area contributed by atoms with Gasteiger partial charge in [0.15, 0.2) is 5.65 Å². The van der Waals surface area contributed by atoms with E-state index in [0.29, 0.717) is 5.65 Å². The van der Waals surface area contributed by atoms with Gasteiger partial charge in [0.25, 0.3) is 0 Å². The summed E-state index contributed by atoms with van der Waals surface area (Å²) >= 11 is 2.22. The maximum atomic E-state index is 11.5. The van der Waals surface area contributed by atoms with Gasteiger partial charge in [0, 0.05) is 8.96 Å². The number of hydrogen-bond acceptors (Lipinski definition) is 3. The van der Waals surface area contributed by atoms with Gasteiger partial charge in [-0.2, -0.15) is 9.61 Å². The number of halogens is 1. The van der Waals surface area contributed by atoms with Crippen LogP contribution in [-0.2, 0) is 0 Å². The van der Waals surface area contributed by atoms with E-state index in [0.717, 1.165) is 14.5 Å². The Kier molecular flexibility index (Phi) is 1.78. The molecular formula is C9H5IN4O. The van der Waals surface area contributed by atoms with Crippen LogP contribution in [0.2, 0.25) is 0 Å². The number of H-pyrrole nitrogens is 1. The molecule has 1 aromatic carbocycles. The average Bonchev–Trinajstić information content (AvgIpc) is 2.69. The second-order valence-corrected chi connectivity index (χ2v) is 4.36. The fraction of sp³-hybridized carbons (Fsp3) is 0. The Hall–Kier alpha value is -1.44. The highest BCUT2D eigenvalue weighted by Gasteiger charge is 2.06. The van der Waals surface area contributed by atoms with Crippen LogP contribution in [0.4, 0.5) is 0 Å². The van der Waals surface area contributed by atoms with Gasteiger partial charge >= 0.3 is 5.69 Å². The first-order chi connectivity index (χ1) is 7.25. The van der Waals surface area contributed by atoms with E-state index in [-0.39, 0.29) is 5.69 Å². The van der Waals surface area contributed by atoms with Crippen LogP contribution in [0.1, 0.15) is 0 Å². The minimum Gasteiger partial charge on any atom is -0.305 e. The van der Waals surface area contributed by atoms with E-state index in [1.807, 2.05) is 18.2 Å². The van der Waals surface area contributed by atoms with Gasteiger partial charge in [0.05, 0.1) is 5.52 Å². The van der Waals surface area contributed by atoms with Crippen molar-refractivity contribution in [2.75, 3.05) is 0 Å². The smallest absolute Gasteiger partial charge is 0.305 e. The lowest BCUT2D eigenvalue weighted by atomic mass is 10.2. The summed E-state index contributed by atoms with van der Waals surface area (Å²) in [5.41, 5.74) is 1.10. The molecule has 1 N–H and O–H groups in total. The highest BCUT2D eigenvalue weighted by molar-refractivity contribution is 14.1. The van der Waals surface area contributed by atoms with Gasteiger partial charge in [-0.15, -0.1) is 0 Å². The van der Waals surface area contributed by atoms with Crippen molar-refractivity contribution in [3.8, 4) is 0 Å². The van der Waals surface area contributed by atoms with Crippen LogP contribution in [0.5, 0.6) is 0 Å². The number of nitrogens with zero attached hydrogens (tertiary/aromatic N) is 3. The molecule has 0 aliphatic rings. The van der Waals surface area contributed by atoms with E-state index in [4.69, 9.17) is 0 Å². The van der Waals surface area contributed by atoms with E-state index < -0.39 is 0 Å². The van der Waals surface area contributed by atoms with Gasteiger partial charge in [0.2, 0.25) is 0 Å². The largest absolute Gasteiger partial charge is 0.348 e.